The summed E-state index contributed by atoms with van der Waals surface area (Å²) in [5, 5.41) is 18.4. The van der Waals surface area contributed by atoms with Gasteiger partial charge in [0.05, 0.1) is 11.6 Å². The third kappa shape index (κ3) is 4.10. The highest BCUT2D eigenvalue weighted by Crippen LogP contribution is 2.40. The van der Waals surface area contributed by atoms with Crippen LogP contribution < -0.4 is 15.6 Å². The SMILES string of the molecule is CON=C(C(=O)NC1C(=O)N2C(C(=O)O)=C(C[n+]3ccc4occc4c3)CS[C@H]12)c1csc(N)n1. The first kappa shape index (κ1) is 22.9. The van der Waals surface area contributed by atoms with Crippen LogP contribution in [0.15, 0.2) is 57.0 Å². The second-order valence-electron chi connectivity index (χ2n) is 7.67. The molecule has 0 aliphatic carbocycles. The van der Waals surface area contributed by atoms with Gasteiger partial charge in [0.15, 0.2) is 29.8 Å². The normalized spacial score (nSPS) is 20.0. The van der Waals surface area contributed by atoms with Gasteiger partial charge >= 0.3 is 5.97 Å². The van der Waals surface area contributed by atoms with Crippen LogP contribution in [0.2, 0.25) is 0 Å². The van der Waals surface area contributed by atoms with Crippen molar-refractivity contribution in [2.75, 3.05) is 18.6 Å². The second-order valence-corrected chi connectivity index (χ2v) is 9.66. The summed E-state index contributed by atoms with van der Waals surface area (Å²) in [5.41, 5.74) is 6.97. The third-order valence-electron chi connectivity index (χ3n) is 5.52. The lowest BCUT2D eigenvalue weighted by Crippen LogP contribution is -2.71. The molecule has 2 aliphatic rings. The summed E-state index contributed by atoms with van der Waals surface area (Å²) < 4.78 is 7.19. The predicted octanol–water partition coefficient (Wildman–Crippen LogP) is 0.548. The minimum atomic E-state index is -1.20. The van der Waals surface area contributed by atoms with Crippen molar-refractivity contribution in [3.8, 4) is 0 Å². The number of carboxylic acid groups (broad SMARTS) is 1. The molecule has 4 N–H and O–H groups in total. The van der Waals surface area contributed by atoms with E-state index < -0.39 is 29.2 Å². The van der Waals surface area contributed by atoms with Crippen LogP contribution in [0.1, 0.15) is 5.69 Å². The first-order valence-corrected chi connectivity index (χ1v) is 12.2. The van der Waals surface area contributed by atoms with Gasteiger partial charge in [0.2, 0.25) is 0 Å². The van der Waals surface area contributed by atoms with Crippen LogP contribution in [0.25, 0.3) is 11.0 Å². The maximum absolute atomic E-state index is 13.0. The van der Waals surface area contributed by atoms with Gasteiger partial charge < -0.3 is 25.4 Å². The highest BCUT2D eigenvalue weighted by molar-refractivity contribution is 8.00. The zero-order valence-electron chi connectivity index (χ0n) is 18.2. The minimum Gasteiger partial charge on any atom is -0.477 e. The molecule has 3 aromatic heterocycles. The number of aliphatic carboxylic acids is 1. The lowest BCUT2D eigenvalue weighted by atomic mass is 10.0. The van der Waals surface area contributed by atoms with Gasteiger partial charge in [-0.3, -0.25) is 14.5 Å². The molecule has 0 bridgehead atoms. The van der Waals surface area contributed by atoms with Crippen molar-refractivity contribution in [3.63, 3.8) is 0 Å². The lowest BCUT2D eigenvalue weighted by Gasteiger charge is -2.49. The van der Waals surface area contributed by atoms with Gasteiger partial charge in [-0.1, -0.05) is 5.16 Å². The Morgan fingerprint density at radius 1 is 1.46 bits per heavy atom. The molecule has 3 aromatic rings. The van der Waals surface area contributed by atoms with Crippen molar-refractivity contribution in [2.24, 2.45) is 5.16 Å². The monoisotopic (exact) mass is 515 g/mol. The highest BCUT2D eigenvalue weighted by Gasteiger charge is 2.54. The van der Waals surface area contributed by atoms with Crippen molar-refractivity contribution in [1.29, 1.82) is 0 Å². The number of fused-ring (bicyclic) bond motifs is 2. The Kier molecular flexibility index (Phi) is 5.90. The molecule has 180 valence electrons. The summed E-state index contributed by atoms with van der Waals surface area (Å²) in [5.74, 6) is -2.02. The van der Waals surface area contributed by atoms with E-state index in [1.807, 2.05) is 16.8 Å². The number of carboxylic acids is 1. The number of hydrogen-bond acceptors (Lipinski definition) is 10. The maximum atomic E-state index is 13.0. The number of anilines is 1. The minimum absolute atomic E-state index is 0.0675. The number of nitrogen functional groups attached to an aromatic ring is 1. The molecule has 2 atom stereocenters. The van der Waals surface area contributed by atoms with Crippen LogP contribution in [0.4, 0.5) is 5.13 Å². The van der Waals surface area contributed by atoms with E-state index in [0.29, 0.717) is 17.9 Å². The summed E-state index contributed by atoms with van der Waals surface area (Å²) in [7, 11) is 1.28. The van der Waals surface area contributed by atoms with Crippen molar-refractivity contribution in [2.45, 2.75) is 18.0 Å². The Labute approximate surface area is 206 Å². The summed E-state index contributed by atoms with van der Waals surface area (Å²) in [6.45, 7) is 0.291. The van der Waals surface area contributed by atoms with Crippen LogP contribution in [-0.4, -0.2) is 62.8 Å². The number of oxime groups is 1. The lowest BCUT2D eigenvalue weighted by molar-refractivity contribution is -0.687. The molecule has 0 spiro atoms. The number of furan rings is 1. The van der Waals surface area contributed by atoms with Crippen LogP contribution >= 0.6 is 23.1 Å². The number of rotatable bonds is 7. The zero-order valence-corrected chi connectivity index (χ0v) is 19.8. The number of β-lactam (4-membered cyclic amide) rings is 1. The number of aromatic nitrogens is 2. The molecule has 5 heterocycles. The van der Waals surface area contributed by atoms with Crippen LogP contribution in [0.5, 0.6) is 0 Å². The fourth-order valence-electron chi connectivity index (χ4n) is 3.98. The van der Waals surface area contributed by atoms with Gasteiger partial charge in [0.25, 0.3) is 11.8 Å². The highest BCUT2D eigenvalue weighted by atomic mass is 32.2. The van der Waals surface area contributed by atoms with Crippen molar-refractivity contribution < 1.29 is 33.3 Å². The Hall–Kier alpha value is -3.91. The molecule has 0 aromatic carbocycles. The molecule has 12 nitrogen and oxygen atoms in total. The Balaban J connectivity index is 1.36. The molecule has 1 fully saturated rings. The van der Waals surface area contributed by atoms with Crippen LogP contribution in [-0.2, 0) is 25.8 Å². The number of thiazole rings is 1. The molecule has 5 rings (SSSR count). The fraction of sp³-hybridized carbons (Fsp3) is 0.238. The zero-order chi connectivity index (χ0) is 24.7. The van der Waals surface area contributed by atoms with E-state index in [9.17, 15) is 19.5 Å². The molecule has 35 heavy (non-hydrogen) atoms. The Morgan fingerprint density at radius 3 is 3.00 bits per heavy atom. The molecule has 2 amide bonds. The van der Waals surface area contributed by atoms with Crippen molar-refractivity contribution in [3.05, 3.63) is 53.1 Å². The number of carbonyl (C=O) groups excluding carboxylic acids is 2. The van der Waals surface area contributed by atoms with Crippen LogP contribution in [0, 0.1) is 0 Å². The molecule has 14 heteroatoms. The summed E-state index contributed by atoms with van der Waals surface area (Å²) in [6, 6.07) is 2.69. The van der Waals surface area contributed by atoms with Gasteiger partial charge in [0.1, 0.15) is 35.5 Å². The van der Waals surface area contributed by atoms with E-state index in [1.165, 1.54) is 23.8 Å². The second kappa shape index (κ2) is 9.03. The molecule has 2 aliphatic heterocycles. The molecule has 1 saturated heterocycles. The first-order valence-electron chi connectivity index (χ1n) is 10.3. The van der Waals surface area contributed by atoms with E-state index in [0.717, 1.165) is 22.3 Å². The standard InChI is InChI=1S/C21H18N6O6S2/c1-32-25-14(12-9-35-21(22)23-12)17(28)24-15-18(29)27-16(20(30)31)11(8-34-19(15)27)7-26-4-2-13-10(6-26)3-5-33-13/h2-6,9,15,19H,7-8H2,1H3,(H3-,22,23,24,28,30,31)/p+1/t15?,19-/m1/s1. The van der Waals surface area contributed by atoms with E-state index in [2.05, 4.69) is 15.5 Å². The van der Waals surface area contributed by atoms with Gasteiger partial charge in [-0.2, -0.15) is 0 Å². The smallest absolute Gasteiger partial charge is 0.352 e. The number of nitrogens with one attached hydrogen (secondary N) is 1. The van der Waals surface area contributed by atoms with Gasteiger partial charge in [-0.15, -0.1) is 23.1 Å². The number of nitrogens with zero attached hydrogens (tertiary/aromatic N) is 4. The number of nitrogens with two attached hydrogens (primary N) is 1. The van der Waals surface area contributed by atoms with Gasteiger partial charge in [0, 0.05) is 22.8 Å². The van der Waals surface area contributed by atoms with Gasteiger partial charge in [-0.25, -0.2) is 14.3 Å². The average molecular weight is 516 g/mol. The molecule has 0 radical (unpaired) electrons. The quantitative estimate of drug-likeness (QED) is 0.176. The number of pyridine rings is 1. The van der Waals surface area contributed by atoms with Crippen molar-refractivity contribution >= 4 is 62.7 Å². The third-order valence-corrected chi connectivity index (χ3v) is 7.54. The first-order chi connectivity index (χ1) is 16.9. The van der Waals surface area contributed by atoms with E-state index in [4.69, 9.17) is 15.0 Å². The van der Waals surface area contributed by atoms with Gasteiger partial charge in [-0.05, 0) is 6.07 Å². The Morgan fingerprint density at radius 2 is 2.29 bits per heavy atom. The van der Waals surface area contributed by atoms with E-state index in [-0.39, 0.29) is 22.2 Å². The summed E-state index contributed by atoms with van der Waals surface area (Å²) in [4.78, 5) is 48.0. The Bertz CT molecular complexity index is 1410. The van der Waals surface area contributed by atoms with Crippen LogP contribution in [0.3, 0.4) is 0 Å². The number of carbonyl (C=O) groups is 3. The summed E-state index contributed by atoms with van der Waals surface area (Å²) >= 11 is 2.51. The van der Waals surface area contributed by atoms with Crippen molar-refractivity contribution in [1.82, 2.24) is 15.2 Å². The number of hydrogen-bond donors (Lipinski definition) is 3. The molecule has 0 saturated carbocycles. The maximum Gasteiger partial charge on any atom is 0.352 e. The fourth-order valence-corrected chi connectivity index (χ4v) is 5.87. The average Bonchev–Trinajstić information content (AvgIpc) is 3.48. The van der Waals surface area contributed by atoms with E-state index in [1.54, 1.807) is 23.9 Å². The topological polar surface area (TPSA) is 164 Å². The predicted molar refractivity (Wildman–Crippen MR) is 126 cm³/mol. The largest absolute Gasteiger partial charge is 0.477 e. The summed E-state index contributed by atoms with van der Waals surface area (Å²) in [6.07, 6.45) is 5.22. The molecular weight excluding hydrogens is 496 g/mol. The number of amides is 2. The molecular formula is C21H19N6O6S2+. The molecule has 1 unspecified atom stereocenters. The number of thioether (sulfide) groups is 1. The van der Waals surface area contributed by atoms with E-state index >= 15 is 0 Å².